The Labute approximate surface area is 212 Å². The van der Waals surface area contributed by atoms with Crippen LogP contribution >= 0.6 is 11.6 Å². The first-order valence-electron chi connectivity index (χ1n) is 10.7. The molecule has 0 saturated carbocycles. The lowest BCUT2D eigenvalue weighted by Gasteiger charge is -2.20. The lowest BCUT2D eigenvalue weighted by atomic mass is 9.92. The Morgan fingerprint density at radius 1 is 1.03 bits per heavy atom. The quantitative estimate of drug-likeness (QED) is 0.177. The molecule has 11 nitrogen and oxygen atoms in total. The Morgan fingerprint density at radius 2 is 1.69 bits per heavy atom. The monoisotopic (exact) mass is 540 g/mol. The number of carboxylic acids is 2. The predicted molar refractivity (Wildman–Crippen MR) is 129 cm³/mol. The van der Waals surface area contributed by atoms with Gasteiger partial charge in [-0.1, -0.05) is 30.2 Å². The number of aromatic carboxylic acids is 1. The van der Waals surface area contributed by atoms with E-state index in [1.807, 2.05) is 0 Å². The average Bonchev–Trinajstić information content (AvgIpc) is 2.81. The number of amides is 1. The Balaban J connectivity index is 2.02. The molecule has 194 valence electrons. The van der Waals surface area contributed by atoms with E-state index >= 15 is 0 Å². The highest BCUT2D eigenvalue weighted by molar-refractivity contribution is 7.89. The molecule has 0 aromatic heterocycles. The second kappa shape index (κ2) is 13.0. The van der Waals surface area contributed by atoms with E-state index in [2.05, 4.69) is 10.0 Å². The first-order valence-corrected chi connectivity index (χ1v) is 12.6. The fraction of sp³-hybridized carbons (Fsp3) is 0.304. The Kier molecular flexibility index (Phi) is 10.4. The van der Waals surface area contributed by atoms with Crippen molar-refractivity contribution in [2.24, 2.45) is 0 Å². The Morgan fingerprint density at radius 3 is 2.28 bits per heavy atom. The van der Waals surface area contributed by atoms with Gasteiger partial charge in [-0.15, -0.1) is 0 Å². The molecule has 13 heteroatoms. The SMILES string of the molecule is O=C[C@H](CC(=O)O)NC(=O)C(CCCCNS(=O)(=O)c1ccc(O)c(C(=O)O)c1)c1ccc(Cl)cc1. The molecule has 0 spiro atoms. The van der Waals surface area contributed by atoms with Gasteiger partial charge >= 0.3 is 11.9 Å². The molecule has 0 aliphatic carbocycles. The van der Waals surface area contributed by atoms with Crippen LogP contribution in [0.4, 0.5) is 0 Å². The number of sulfonamides is 1. The minimum atomic E-state index is -4.05. The predicted octanol–water partition coefficient (Wildman–Crippen LogP) is 2.13. The number of unbranched alkanes of at least 4 members (excludes halogenated alkanes) is 1. The second-order valence-corrected chi connectivity index (χ2v) is 10.0. The van der Waals surface area contributed by atoms with Crippen LogP contribution in [0.15, 0.2) is 47.4 Å². The number of halogens is 1. The molecule has 0 radical (unpaired) electrons. The van der Waals surface area contributed by atoms with Crippen molar-refractivity contribution in [3.63, 3.8) is 0 Å². The van der Waals surface area contributed by atoms with E-state index < -0.39 is 57.6 Å². The van der Waals surface area contributed by atoms with Crippen molar-refractivity contribution in [1.29, 1.82) is 0 Å². The number of hydrogen-bond acceptors (Lipinski definition) is 7. The Bertz CT molecular complexity index is 1220. The van der Waals surface area contributed by atoms with Gasteiger partial charge in [-0.25, -0.2) is 17.9 Å². The highest BCUT2D eigenvalue weighted by atomic mass is 35.5. The zero-order chi connectivity index (χ0) is 26.9. The van der Waals surface area contributed by atoms with Crippen LogP contribution in [0.2, 0.25) is 5.02 Å². The zero-order valence-electron chi connectivity index (χ0n) is 18.9. The van der Waals surface area contributed by atoms with Crippen molar-refractivity contribution in [3.05, 3.63) is 58.6 Å². The van der Waals surface area contributed by atoms with Gasteiger partial charge in [0.25, 0.3) is 0 Å². The number of benzene rings is 2. The molecule has 2 aromatic carbocycles. The molecule has 2 aromatic rings. The van der Waals surface area contributed by atoms with Crippen LogP contribution in [0.1, 0.15) is 47.5 Å². The van der Waals surface area contributed by atoms with Gasteiger partial charge in [0, 0.05) is 11.6 Å². The van der Waals surface area contributed by atoms with Crippen LogP contribution in [-0.2, 0) is 24.4 Å². The molecule has 0 aliphatic rings. The average molecular weight is 541 g/mol. The van der Waals surface area contributed by atoms with Gasteiger partial charge in [0.2, 0.25) is 15.9 Å². The van der Waals surface area contributed by atoms with Crippen LogP contribution in [0, 0.1) is 0 Å². The number of carboxylic acid groups (broad SMARTS) is 2. The molecule has 36 heavy (non-hydrogen) atoms. The number of rotatable bonds is 14. The maximum atomic E-state index is 12.8. The number of carbonyl (C=O) groups excluding carboxylic acids is 2. The lowest BCUT2D eigenvalue weighted by Crippen LogP contribution is -2.40. The second-order valence-electron chi connectivity index (χ2n) is 7.83. The molecule has 0 bridgehead atoms. The van der Waals surface area contributed by atoms with E-state index in [0.717, 1.165) is 18.2 Å². The van der Waals surface area contributed by atoms with Crippen LogP contribution < -0.4 is 10.0 Å². The van der Waals surface area contributed by atoms with E-state index in [9.17, 15) is 32.7 Å². The number of phenols is 1. The van der Waals surface area contributed by atoms with Gasteiger partial charge in [0.05, 0.1) is 23.3 Å². The van der Waals surface area contributed by atoms with Crippen molar-refractivity contribution in [2.45, 2.75) is 42.5 Å². The fourth-order valence-corrected chi connectivity index (χ4v) is 4.59. The third kappa shape index (κ3) is 8.33. The standard InChI is InChI=1S/C23H25ClN2O9S/c24-15-6-4-14(5-7-15)18(22(31)26-16(13-27)11-21(29)30)3-1-2-10-25-36(34,35)17-8-9-20(28)19(12-17)23(32)33/h4-9,12-13,16,18,25,28H,1-3,10-11H2,(H,26,31)(H,29,30)(H,32,33)/t16-,18?/m0/s1. The normalized spacial score (nSPS) is 12.9. The van der Waals surface area contributed by atoms with E-state index in [1.54, 1.807) is 24.3 Å². The zero-order valence-corrected chi connectivity index (χ0v) is 20.5. The van der Waals surface area contributed by atoms with E-state index in [-0.39, 0.29) is 17.9 Å². The first kappa shape index (κ1) is 28.8. The molecule has 1 amide bonds. The van der Waals surface area contributed by atoms with E-state index in [0.29, 0.717) is 29.7 Å². The summed E-state index contributed by atoms with van der Waals surface area (Å²) in [7, 11) is -4.05. The van der Waals surface area contributed by atoms with Crippen molar-refractivity contribution in [1.82, 2.24) is 10.0 Å². The van der Waals surface area contributed by atoms with Gasteiger partial charge in [-0.3, -0.25) is 9.59 Å². The summed E-state index contributed by atoms with van der Waals surface area (Å²) in [6.07, 6.45) is 0.733. The summed E-state index contributed by atoms with van der Waals surface area (Å²) in [5.41, 5.74) is 0.0361. The van der Waals surface area contributed by atoms with Crippen molar-refractivity contribution in [3.8, 4) is 5.75 Å². The maximum Gasteiger partial charge on any atom is 0.339 e. The van der Waals surface area contributed by atoms with Gasteiger partial charge in [-0.05, 0) is 48.7 Å². The molecule has 2 rings (SSSR count). The maximum absolute atomic E-state index is 12.8. The highest BCUT2D eigenvalue weighted by Crippen LogP contribution is 2.25. The lowest BCUT2D eigenvalue weighted by molar-refractivity contribution is -0.138. The summed E-state index contributed by atoms with van der Waals surface area (Å²) in [6.45, 7) is -0.0173. The Hall–Kier alpha value is -3.48. The number of aromatic hydroxyl groups is 1. The molecular formula is C23H25ClN2O9S. The number of aldehydes is 1. The summed E-state index contributed by atoms with van der Waals surface area (Å²) in [5, 5.41) is 30.4. The topological polar surface area (TPSA) is 187 Å². The van der Waals surface area contributed by atoms with Crippen molar-refractivity contribution in [2.75, 3.05) is 6.54 Å². The van der Waals surface area contributed by atoms with Crippen LogP contribution in [-0.4, -0.2) is 60.5 Å². The molecule has 2 atom stereocenters. The van der Waals surface area contributed by atoms with Gasteiger partial charge < -0.3 is 25.4 Å². The summed E-state index contributed by atoms with van der Waals surface area (Å²) in [4.78, 5) is 45.7. The number of aliphatic carboxylic acids is 1. The number of hydrogen-bond donors (Lipinski definition) is 5. The van der Waals surface area contributed by atoms with Crippen molar-refractivity contribution >= 4 is 45.8 Å². The van der Waals surface area contributed by atoms with Gasteiger partial charge in [0.1, 0.15) is 17.6 Å². The minimum absolute atomic E-state index is 0.0173. The summed E-state index contributed by atoms with van der Waals surface area (Å²) in [6, 6.07) is 8.14. The molecule has 0 fully saturated rings. The third-order valence-electron chi connectivity index (χ3n) is 5.20. The molecule has 5 N–H and O–H groups in total. The third-order valence-corrected chi connectivity index (χ3v) is 6.91. The first-order chi connectivity index (χ1) is 16.9. The smallest absolute Gasteiger partial charge is 0.339 e. The van der Waals surface area contributed by atoms with Gasteiger partial charge in [-0.2, -0.15) is 0 Å². The number of nitrogens with one attached hydrogen (secondary N) is 2. The minimum Gasteiger partial charge on any atom is -0.507 e. The van der Waals surface area contributed by atoms with Crippen LogP contribution in [0.25, 0.3) is 0 Å². The molecular weight excluding hydrogens is 516 g/mol. The number of carbonyl (C=O) groups is 4. The van der Waals surface area contributed by atoms with Crippen molar-refractivity contribution < 1.29 is 42.9 Å². The van der Waals surface area contributed by atoms with Gasteiger partial charge in [0.15, 0.2) is 0 Å². The molecule has 1 unspecified atom stereocenters. The molecule has 0 heterocycles. The van der Waals surface area contributed by atoms with Crippen LogP contribution in [0.5, 0.6) is 5.75 Å². The largest absolute Gasteiger partial charge is 0.507 e. The van der Waals surface area contributed by atoms with E-state index in [4.69, 9.17) is 21.8 Å². The van der Waals surface area contributed by atoms with E-state index in [1.165, 1.54) is 0 Å². The fourth-order valence-electron chi connectivity index (χ4n) is 3.37. The highest BCUT2D eigenvalue weighted by Gasteiger charge is 2.24. The van der Waals surface area contributed by atoms with Crippen LogP contribution in [0.3, 0.4) is 0 Å². The summed E-state index contributed by atoms with van der Waals surface area (Å²) < 4.78 is 27.3. The summed E-state index contributed by atoms with van der Waals surface area (Å²) in [5.74, 6) is -4.58. The summed E-state index contributed by atoms with van der Waals surface area (Å²) >= 11 is 5.91. The molecule has 0 aliphatic heterocycles. The molecule has 0 saturated heterocycles.